The van der Waals surface area contributed by atoms with Crippen LogP contribution in [-0.2, 0) is 0 Å². The first-order chi connectivity index (χ1) is 13.3. The Morgan fingerprint density at radius 1 is 0.778 bits per heavy atom. The average molecular weight is 364 g/mol. The topological polar surface area (TPSA) is 49.3 Å². The van der Waals surface area contributed by atoms with Crippen molar-refractivity contribution in [3.63, 3.8) is 0 Å². The summed E-state index contributed by atoms with van der Waals surface area (Å²) in [5.74, 6) is 1.59. The highest BCUT2D eigenvalue weighted by Crippen LogP contribution is 2.24. The van der Waals surface area contributed by atoms with Gasteiger partial charge in [0.05, 0.1) is 0 Å². The summed E-state index contributed by atoms with van der Waals surface area (Å²) in [5, 5.41) is 0. The molecule has 2 aliphatic heterocycles. The third kappa shape index (κ3) is 4.29. The molecule has 0 bridgehead atoms. The zero-order valence-corrected chi connectivity index (χ0v) is 15.9. The van der Waals surface area contributed by atoms with Crippen LogP contribution in [0, 0.1) is 0 Å². The monoisotopic (exact) mass is 364 g/mol. The standard InChI is InChI=1S/C22H28N4O/c27-22(26-15-9-4-10-16-26)19-17-20(25-13-7-1-2-8-14-25)24-21(23-19)18-11-5-3-6-12-18/h3,5-6,11-12,17H,1-2,4,7-10,13-16H2. The number of nitrogens with zero attached hydrogens (tertiary/aromatic N) is 4. The van der Waals surface area contributed by atoms with E-state index in [-0.39, 0.29) is 5.91 Å². The number of amides is 1. The Morgan fingerprint density at radius 2 is 1.41 bits per heavy atom. The molecule has 4 rings (SSSR count). The number of carbonyl (C=O) groups is 1. The number of rotatable bonds is 3. The molecule has 2 aliphatic rings. The Balaban J connectivity index is 1.70. The number of likely N-dealkylation sites (tertiary alicyclic amines) is 1. The number of piperidine rings is 1. The van der Waals surface area contributed by atoms with Gasteiger partial charge in [-0.25, -0.2) is 9.97 Å². The van der Waals surface area contributed by atoms with Gasteiger partial charge in [0.25, 0.3) is 5.91 Å². The maximum Gasteiger partial charge on any atom is 0.272 e. The van der Waals surface area contributed by atoms with Crippen LogP contribution in [-0.4, -0.2) is 47.0 Å². The fraction of sp³-hybridized carbons (Fsp3) is 0.500. The van der Waals surface area contributed by atoms with E-state index in [4.69, 9.17) is 4.98 Å². The highest BCUT2D eigenvalue weighted by molar-refractivity contribution is 5.93. The molecular weight excluding hydrogens is 336 g/mol. The first kappa shape index (κ1) is 18.0. The van der Waals surface area contributed by atoms with Crippen molar-refractivity contribution in [1.29, 1.82) is 0 Å². The van der Waals surface area contributed by atoms with E-state index in [1.807, 2.05) is 41.3 Å². The molecule has 0 radical (unpaired) electrons. The molecule has 2 fully saturated rings. The van der Waals surface area contributed by atoms with Gasteiger partial charge in [0, 0.05) is 37.8 Å². The molecule has 1 amide bonds. The van der Waals surface area contributed by atoms with Crippen molar-refractivity contribution in [2.24, 2.45) is 0 Å². The van der Waals surface area contributed by atoms with Crippen molar-refractivity contribution in [1.82, 2.24) is 14.9 Å². The van der Waals surface area contributed by atoms with E-state index < -0.39 is 0 Å². The van der Waals surface area contributed by atoms with Gasteiger partial charge in [-0.15, -0.1) is 0 Å². The van der Waals surface area contributed by atoms with Gasteiger partial charge in [0.2, 0.25) is 0 Å². The second-order valence-electron chi connectivity index (χ2n) is 7.56. The Morgan fingerprint density at radius 3 is 2.11 bits per heavy atom. The van der Waals surface area contributed by atoms with Crippen LogP contribution in [0.1, 0.15) is 55.4 Å². The zero-order valence-electron chi connectivity index (χ0n) is 15.9. The van der Waals surface area contributed by atoms with Crippen molar-refractivity contribution in [2.75, 3.05) is 31.1 Å². The second-order valence-corrected chi connectivity index (χ2v) is 7.56. The van der Waals surface area contributed by atoms with Crippen LogP contribution in [0.2, 0.25) is 0 Å². The predicted molar refractivity (Wildman–Crippen MR) is 108 cm³/mol. The average Bonchev–Trinajstić information content (AvgIpc) is 3.04. The molecule has 0 aliphatic carbocycles. The van der Waals surface area contributed by atoms with Crippen LogP contribution in [0.4, 0.5) is 5.82 Å². The fourth-order valence-electron chi connectivity index (χ4n) is 3.98. The Hall–Kier alpha value is -2.43. The second kappa shape index (κ2) is 8.51. The van der Waals surface area contributed by atoms with Crippen molar-refractivity contribution in [3.05, 3.63) is 42.1 Å². The molecule has 2 aromatic rings. The Labute approximate surface area is 161 Å². The molecule has 0 unspecified atom stereocenters. The minimum Gasteiger partial charge on any atom is -0.356 e. The quantitative estimate of drug-likeness (QED) is 0.821. The molecule has 1 aromatic heterocycles. The number of carbonyl (C=O) groups excluding carboxylic acids is 1. The summed E-state index contributed by atoms with van der Waals surface area (Å²) in [6.45, 7) is 3.68. The van der Waals surface area contributed by atoms with Gasteiger partial charge < -0.3 is 9.80 Å². The van der Waals surface area contributed by atoms with Gasteiger partial charge in [-0.1, -0.05) is 43.2 Å². The number of hydrogen-bond acceptors (Lipinski definition) is 4. The van der Waals surface area contributed by atoms with Crippen molar-refractivity contribution in [2.45, 2.75) is 44.9 Å². The van der Waals surface area contributed by atoms with Gasteiger partial charge in [-0.3, -0.25) is 4.79 Å². The molecular formula is C22H28N4O. The van der Waals surface area contributed by atoms with Gasteiger partial charge in [0.15, 0.2) is 5.82 Å². The molecule has 5 nitrogen and oxygen atoms in total. The number of aromatic nitrogens is 2. The van der Waals surface area contributed by atoms with E-state index in [0.717, 1.165) is 50.4 Å². The van der Waals surface area contributed by atoms with Gasteiger partial charge in [-0.2, -0.15) is 0 Å². The summed E-state index contributed by atoms with van der Waals surface area (Å²) in [4.78, 5) is 26.9. The molecule has 5 heteroatoms. The van der Waals surface area contributed by atoms with Crippen molar-refractivity contribution >= 4 is 11.7 Å². The third-order valence-corrected chi connectivity index (χ3v) is 5.54. The predicted octanol–water partition coefficient (Wildman–Crippen LogP) is 4.15. The van der Waals surface area contributed by atoms with E-state index in [1.54, 1.807) is 0 Å². The molecule has 1 aromatic carbocycles. The highest BCUT2D eigenvalue weighted by atomic mass is 16.2. The van der Waals surface area contributed by atoms with Gasteiger partial charge in [-0.05, 0) is 32.1 Å². The maximum atomic E-state index is 13.1. The smallest absolute Gasteiger partial charge is 0.272 e. The molecule has 0 N–H and O–H groups in total. The lowest BCUT2D eigenvalue weighted by Gasteiger charge is -2.27. The van der Waals surface area contributed by atoms with E-state index in [2.05, 4.69) is 9.88 Å². The normalized spacial score (nSPS) is 18.2. The van der Waals surface area contributed by atoms with Gasteiger partial charge >= 0.3 is 0 Å². The van der Waals surface area contributed by atoms with Crippen molar-refractivity contribution < 1.29 is 4.79 Å². The van der Waals surface area contributed by atoms with Crippen LogP contribution < -0.4 is 4.90 Å². The van der Waals surface area contributed by atoms with Gasteiger partial charge in [0.1, 0.15) is 11.5 Å². The Bertz CT molecular complexity index is 763. The van der Waals surface area contributed by atoms with E-state index in [9.17, 15) is 4.79 Å². The summed E-state index contributed by atoms with van der Waals surface area (Å²) in [6.07, 6.45) is 8.28. The number of hydrogen-bond donors (Lipinski definition) is 0. The lowest BCUT2D eigenvalue weighted by atomic mass is 10.1. The van der Waals surface area contributed by atoms with Crippen LogP contribution in [0.15, 0.2) is 36.4 Å². The third-order valence-electron chi connectivity index (χ3n) is 5.54. The van der Waals surface area contributed by atoms with Crippen LogP contribution in [0.25, 0.3) is 11.4 Å². The molecule has 27 heavy (non-hydrogen) atoms. The molecule has 142 valence electrons. The summed E-state index contributed by atoms with van der Waals surface area (Å²) in [5.41, 5.74) is 1.49. The largest absolute Gasteiger partial charge is 0.356 e. The molecule has 0 saturated carbocycles. The van der Waals surface area contributed by atoms with E-state index in [0.29, 0.717) is 11.5 Å². The minimum atomic E-state index is 0.0466. The molecule has 2 saturated heterocycles. The SMILES string of the molecule is O=C(c1cc(N2CCCCCC2)nc(-c2ccccc2)n1)N1CCCCC1. The van der Waals surface area contributed by atoms with Crippen molar-refractivity contribution in [3.8, 4) is 11.4 Å². The number of benzene rings is 1. The molecule has 0 atom stereocenters. The zero-order chi connectivity index (χ0) is 18.5. The van der Waals surface area contributed by atoms with E-state index in [1.165, 1.54) is 32.1 Å². The lowest BCUT2D eigenvalue weighted by molar-refractivity contribution is 0.0718. The molecule has 3 heterocycles. The van der Waals surface area contributed by atoms with E-state index >= 15 is 0 Å². The van der Waals surface area contributed by atoms with Crippen LogP contribution in [0.3, 0.4) is 0 Å². The lowest BCUT2D eigenvalue weighted by Crippen LogP contribution is -2.36. The number of anilines is 1. The fourth-order valence-corrected chi connectivity index (χ4v) is 3.98. The summed E-state index contributed by atoms with van der Waals surface area (Å²) >= 11 is 0. The van der Waals surface area contributed by atoms with Crippen LogP contribution >= 0.6 is 0 Å². The first-order valence-corrected chi connectivity index (χ1v) is 10.3. The first-order valence-electron chi connectivity index (χ1n) is 10.3. The summed E-state index contributed by atoms with van der Waals surface area (Å²) in [7, 11) is 0. The molecule has 0 spiro atoms. The summed E-state index contributed by atoms with van der Waals surface area (Å²) < 4.78 is 0. The van der Waals surface area contributed by atoms with Crippen LogP contribution in [0.5, 0.6) is 0 Å². The maximum absolute atomic E-state index is 13.1. The minimum absolute atomic E-state index is 0.0466. The Kier molecular flexibility index (Phi) is 5.66. The highest BCUT2D eigenvalue weighted by Gasteiger charge is 2.22. The summed E-state index contributed by atoms with van der Waals surface area (Å²) in [6, 6.07) is 11.9.